The van der Waals surface area contributed by atoms with Crippen molar-refractivity contribution in [1.29, 1.82) is 0 Å². The Balaban J connectivity index is 1.08. The predicted molar refractivity (Wildman–Crippen MR) is 150 cm³/mol. The minimum atomic E-state index is -1.34. The fraction of sp³-hybridized carbons (Fsp3) is 0.167. The van der Waals surface area contributed by atoms with Gasteiger partial charge in [-0.2, -0.15) is 0 Å². The second kappa shape index (κ2) is 11.9. The minimum absolute atomic E-state index is 0.255. The fourth-order valence-corrected chi connectivity index (χ4v) is 5.16. The van der Waals surface area contributed by atoms with Crippen LogP contribution in [0.4, 0.5) is 0 Å². The van der Waals surface area contributed by atoms with Crippen molar-refractivity contribution in [3.05, 3.63) is 102 Å². The number of ether oxygens (including phenoxy) is 2. The molecule has 0 saturated heterocycles. The van der Waals surface area contributed by atoms with Crippen LogP contribution >= 0.6 is 0 Å². The lowest BCUT2D eigenvalue weighted by atomic mass is 10.0. The number of para-hydroxylation sites is 2. The number of imidazole rings is 1. The Morgan fingerprint density at radius 2 is 1.69 bits per heavy atom. The van der Waals surface area contributed by atoms with Crippen molar-refractivity contribution >= 4 is 27.8 Å². The van der Waals surface area contributed by atoms with Crippen LogP contribution in [0.1, 0.15) is 28.0 Å². The van der Waals surface area contributed by atoms with E-state index < -0.39 is 16.8 Å². The standard InChI is InChI=1S/C30H27N3O5S/c1-20-16-25(18-31-28(20)19-39(36)30-32-26-8-2-3-9-27(26)33-30)38-15-5-14-37-24-12-10-21(11-13-24)22-6-4-7-23(17-22)29(34)35/h2-4,6-13,16-18H,5,14-15,19H2,1H3,(H,32,33)(H,34,35). The number of aromatic carboxylic acids is 1. The maximum Gasteiger partial charge on any atom is 0.335 e. The lowest BCUT2D eigenvalue weighted by Gasteiger charge is -2.10. The summed E-state index contributed by atoms with van der Waals surface area (Å²) in [7, 11) is -1.34. The predicted octanol–water partition coefficient (Wildman–Crippen LogP) is 5.79. The average Bonchev–Trinajstić information content (AvgIpc) is 3.39. The molecule has 1 atom stereocenters. The molecule has 0 radical (unpaired) electrons. The fourth-order valence-electron chi connectivity index (χ4n) is 4.05. The van der Waals surface area contributed by atoms with E-state index in [9.17, 15) is 14.1 Å². The third-order valence-corrected chi connectivity index (χ3v) is 7.30. The highest BCUT2D eigenvalue weighted by Crippen LogP contribution is 2.24. The molecule has 5 rings (SSSR count). The van der Waals surface area contributed by atoms with E-state index in [1.807, 2.05) is 67.6 Å². The zero-order valence-electron chi connectivity index (χ0n) is 21.3. The van der Waals surface area contributed by atoms with Crippen LogP contribution in [0.3, 0.4) is 0 Å². The summed E-state index contributed by atoms with van der Waals surface area (Å²) in [5.74, 6) is 0.700. The van der Waals surface area contributed by atoms with Gasteiger partial charge in [0.15, 0.2) is 5.16 Å². The topological polar surface area (TPSA) is 114 Å². The van der Waals surface area contributed by atoms with Crippen molar-refractivity contribution < 1.29 is 23.6 Å². The molecule has 8 nitrogen and oxygen atoms in total. The molecule has 0 aliphatic rings. The molecule has 5 aromatic rings. The number of benzene rings is 3. The number of aromatic nitrogens is 3. The summed E-state index contributed by atoms with van der Waals surface area (Å²) in [6.07, 6.45) is 2.33. The zero-order valence-corrected chi connectivity index (χ0v) is 22.1. The van der Waals surface area contributed by atoms with Gasteiger partial charge in [-0.05, 0) is 66.1 Å². The molecular weight excluding hydrogens is 514 g/mol. The van der Waals surface area contributed by atoms with E-state index in [0.717, 1.165) is 39.2 Å². The molecule has 2 aromatic heterocycles. The monoisotopic (exact) mass is 541 g/mol. The maximum atomic E-state index is 12.8. The van der Waals surface area contributed by atoms with Gasteiger partial charge < -0.3 is 19.6 Å². The van der Waals surface area contributed by atoms with Crippen LogP contribution in [-0.4, -0.2) is 43.5 Å². The van der Waals surface area contributed by atoms with Gasteiger partial charge in [0.05, 0.1) is 58.3 Å². The first-order valence-electron chi connectivity index (χ1n) is 12.4. The van der Waals surface area contributed by atoms with Crippen LogP contribution in [-0.2, 0) is 16.6 Å². The third-order valence-electron chi connectivity index (χ3n) is 6.14. The Morgan fingerprint density at radius 1 is 0.923 bits per heavy atom. The van der Waals surface area contributed by atoms with Crippen LogP contribution in [0.15, 0.2) is 90.2 Å². The van der Waals surface area contributed by atoms with Crippen molar-refractivity contribution in [2.24, 2.45) is 0 Å². The van der Waals surface area contributed by atoms with Crippen LogP contribution in [0.25, 0.3) is 22.2 Å². The number of rotatable bonds is 11. The molecule has 0 spiro atoms. The smallest absolute Gasteiger partial charge is 0.335 e. The summed E-state index contributed by atoms with van der Waals surface area (Å²) in [5, 5.41) is 9.63. The number of fused-ring (bicyclic) bond motifs is 1. The molecule has 0 bridgehead atoms. The molecule has 1 unspecified atom stereocenters. The molecule has 2 heterocycles. The van der Waals surface area contributed by atoms with Gasteiger partial charge in [-0.3, -0.25) is 9.19 Å². The summed E-state index contributed by atoms with van der Waals surface area (Å²) >= 11 is 0. The molecule has 0 aliphatic carbocycles. The van der Waals surface area contributed by atoms with Crippen LogP contribution < -0.4 is 9.47 Å². The summed E-state index contributed by atoms with van der Waals surface area (Å²) in [4.78, 5) is 23.2. The lowest BCUT2D eigenvalue weighted by molar-refractivity contribution is 0.0697. The zero-order chi connectivity index (χ0) is 27.2. The average molecular weight is 542 g/mol. The normalized spacial score (nSPS) is 11.8. The Kier molecular flexibility index (Phi) is 7.98. The van der Waals surface area contributed by atoms with Crippen molar-refractivity contribution in [1.82, 2.24) is 15.0 Å². The second-order valence-electron chi connectivity index (χ2n) is 8.94. The third kappa shape index (κ3) is 6.50. The minimum Gasteiger partial charge on any atom is -0.493 e. The Hall–Kier alpha value is -4.50. The first kappa shape index (κ1) is 26.1. The van der Waals surface area contributed by atoms with E-state index in [1.165, 1.54) is 0 Å². The number of carbonyl (C=O) groups is 1. The first-order chi connectivity index (χ1) is 19.0. The number of hydrogen-bond acceptors (Lipinski definition) is 6. The van der Waals surface area contributed by atoms with E-state index >= 15 is 0 Å². The van der Waals surface area contributed by atoms with Crippen molar-refractivity contribution in [3.63, 3.8) is 0 Å². The van der Waals surface area contributed by atoms with Crippen molar-refractivity contribution in [3.8, 4) is 22.6 Å². The molecular formula is C30H27N3O5S. The summed E-state index contributed by atoms with van der Waals surface area (Å²) in [6, 6.07) is 23.9. The number of carboxylic acid groups (broad SMARTS) is 1. The van der Waals surface area contributed by atoms with Gasteiger partial charge in [-0.25, -0.2) is 9.78 Å². The van der Waals surface area contributed by atoms with Crippen molar-refractivity contribution in [2.75, 3.05) is 13.2 Å². The SMILES string of the molecule is Cc1cc(OCCCOc2ccc(-c3cccc(C(=O)O)c3)cc2)cnc1CS(=O)c1nc2ccccc2[nH]1. The summed E-state index contributed by atoms with van der Waals surface area (Å²) in [5.41, 5.74) is 5.31. The number of pyridine rings is 1. The Labute approximate surface area is 228 Å². The quantitative estimate of drug-likeness (QED) is 0.204. The number of hydrogen-bond donors (Lipinski definition) is 2. The molecule has 0 fully saturated rings. The number of nitrogens with zero attached hydrogens (tertiary/aromatic N) is 2. The van der Waals surface area contributed by atoms with Crippen LogP contribution in [0, 0.1) is 6.92 Å². The highest BCUT2D eigenvalue weighted by molar-refractivity contribution is 7.84. The molecule has 0 aliphatic heterocycles. The van der Waals surface area contributed by atoms with Gasteiger partial charge in [-0.15, -0.1) is 0 Å². The van der Waals surface area contributed by atoms with Gasteiger partial charge in [0.2, 0.25) is 0 Å². The van der Waals surface area contributed by atoms with Gasteiger partial charge in [0.1, 0.15) is 11.5 Å². The van der Waals surface area contributed by atoms with E-state index in [2.05, 4.69) is 15.0 Å². The van der Waals surface area contributed by atoms with Crippen LogP contribution in [0.5, 0.6) is 11.5 Å². The van der Waals surface area contributed by atoms with E-state index in [1.54, 1.807) is 24.4 Å². The van der Waals surface area contributed by atoms with Gasteiger partial charge in [0.25, 0.3) is 0 Å². The first-order valence-corrected chi connectivity index (χ1v) is 13.8. The maximum absolute atomic E-state index is 12.8. The molecule has 0 amide bonds. The second-order valence-corrected chi connectivity index (χ2v) is 10.3. The molecule has 9 heteroatoms. The van der Waals surface area contributed by atoms with Gasteiger partial charge in [-0.1, -0.05) is 36.4 Å². The number of aromatic amines is 1. The summed E-state index contributed by atoms with van der Waals surface area (Å²) < 4.78 is 24.5. The lowest BCUT2D eigenvalue weighted by Crippen LogP contribution is -2.06. The summed E-state index contributed by atoms with van der Waals surface area (Å²) in [6.45, 7) is 2.87. The molecule has 198 valence electrons. The highest BCUT2D eigenvalue weighted by atomic mass is 32.2. The number of carboxylic acids is 1. The molecule has 2 N–H and O–H groups in total. The highest BCUT2D eigenvalue weighted by Gasteiger charge is 2.13. The van der Waals surface area contributed by atoms with Gasteiger partial charge >= 0.3 is 5.97 Å². The number of H-pyrrole nitrogens is 1. The van der Waals surface area contributed by atoms with E-state index in [4.69, 9.17) is 9.47 Å². The number of nitrogens with one attached hydrogen (secondary N) is 1. The number of aryl methyl sites for hydroxylation is 1. The molecule has 39 heavy (non-hydrogen) atoms. The van der Waals surface area contributed by atoms with E-state index in [-0.39, 0.29) is 11.3 Å². The molecule has 3 aromatic carbocycles. The van der Waals surface area contributed by atoms with E-state index in [0.29, 0.717) is 30.5 Å². The van der Waals surface area contributed by atoms with Crippen LogP contribution in [0.2, 0.25) is 0 Å². The largest absolute Gasteiger partial charge is 0.493 e. The van der Waals surface area contributed by atoms with Crippen molar-refractivity contribution in [2.45, 2.75) is 24.3 Å². The Bertz CT molecular complexity index is 1600. The Morgan fingerprint density at radius 3 is 2.44 bits per heavy atom. The molecule has 0 saturated carbocycles. The van der Waals surface area contributed by atoms with Gasteiger partial charge in [0, 0.05) is 6.42 Å².